The van der Waals surface area contributed by atoms with Crippen LogP contribution < -0.4 is 0 Å². The van der Waals surface area contributed by atoms with Crippen molar-refractivity contribution in [1.82, 2.24) is 4.90 Å². The molecule has 0 radical (unpaired) electrons. The number of rotatable bonds is 2. The van der Waals surface area contributed by atoms with Crippen molar-refractivity contribution in [3.63, 3.8) is 0 Å². The zero-order chi connectivity index (χ0) is 10.0. The molecule has 0 bridgehead atoms. The first-order valence-corrected chi connectivity index (χ1v) is 6.20. The molecule has 0 aromatic rings. The maximum Gasteiger partial charge on any atom is 0.121 e. The number of alkyl halides is 1. The van der Waals surface area contributed by atoms with Crippen LogP contribution in [0.2, 0.25) is 0 Å². The number of nitrogens with zero attached hydrogens (tertiary/aromatic N) is 1. The maximum atomic E-state index is 6.06. The van der Waals surface area contributed by atoms with Crippen molar-refractivity contribution in [3.05, 3.63) is 0 Å². The highest BCUT2D eigenvalue weighted by molar-refractivity contribution is 6.20. The molecule has 0 N–H and O–H groups in total. The summed E-state index contributed by atoms with van der Waals surface area (Å²) in [5.41, 5.74) is 0.0708. The molecule has 0 aromatic carbocycles. The second-order valence-electron chi connectivity index (χ2n) is 4.58. The lowest BCUT2D eigenvalue weighted by Crippen LogP contribution is -2.48. The van der Waals surface area contributed by atoms with Crippen LogP contribution in [0.3, 0.4) is 0 Å². The first kappa shape index (κ1) is 10.7. The summed E-state index contributed by atoms with van der Waals surface area (Å²) in [6.45, 7) is 5.00. The SMILES string of the molecule is CC(Cl)CN1CCOC12CCCCC2. The fourth-order valence-electron chi connectivity index (χ4n) is 2.77. The topological polar surface area (TPSA) is 12.5 Å². The zero-order valence-corrected chi connectivity index (χ0v) is 9.72. The molecule has 2 fully saturated rings. The Morgan fingerprint density at radius 1 is 1.36 bits per heavy atom. The molecule has 2 rings (SSSR count). The summed E-state index contributed by atoms with van der Waals surface area (Å²) >= 11 is 6.06. The molecule has 14 heavy (non-hydrogen) atoms. The Kier molecular flexibility index (Phi) is 3.35. The molecular weight excluding hydrogens is 198 g/mol. The van der Waals surface area contributed by atoms with E-state index in [1.54, 1.807) is 0 Å². The van der Waals surface area contributed by atoms with Gasteiger partial charge >= 0.3 is 0 Å². The van der Waals surface area contributed by atoms with E-state index in [0.717, 1.165) is 19.7 Å². The van der Waals surface area contributed by atoms with E-state index in [0.29, 0.717) is 0 Å². The standard InChI is InChI=1S/C11H20ClNO/c1-10(12)9-13-7-8-14-11(13)5-3-2-4-6-11/h10H,2-9H2,1H3. The fraction of sp³-hybridized carbons (Fsp3) is 1.00. The minimum Gasteiger partial charge on any atom is -0.359 e. The highest BCUT2D eigenvalue weighted by atomic mass is 35.5. The molecule has 1 aliphatic carbocycles. The average molecular weight is 218 g/mol. The molecular formula is C11H20ClNO. The lowest BCUT2D eigenvalue weighted by Gasteiger charge is -2.40. The highest BCUT2D eigenvalue weighted by Gasteiger charge is 2.42. The molecule has 1 atom stereocenters. The molecule has 1 heterocycles. The third-order valence-corrected chi connectivity index (χ3v) is 3.55. The molecule has 2 aliphatic rings. The van der Waals surface area contributed by atoms with E-state index in [1.807, 2.05) is 0 Å². The van der Waals surface area contributed by atoms with Gasteiger partial charge in [0.1, 0.15) is 5.72 Å². The van der Waals surface area contributed by atoms with Gasteiger partial charge in [-0.05, 0) is 32.6 Å². The van der Waals surface area contributed by atoms with E-state index in [2.05, 4.69) is 11.8 Å². The predicted octanol–water partition coefficient (Wildman–Crippen LogP) is 2.61. The van der Waals surface area contributed by atoms with Gasteiger partial charge in [-0.1, -0.05) is 6.42 Å². The Morgan fingerprint density at radius 3 is 2.71 bits per heavy atom. The van der Waals surface area contributed by atoms with Crippen LogP contribution >= 0.6 is 11.6 Å². The second kappa shape index (κ2) is 4.38. The van der Waals surface area contributed by atoms with Crippen LogP contribution in [-0.2, 0) is 4.74 Å². The number of ether oxygens (including phenoxy) is 1. The van der Waals surface area contributed by atoms with E-state index >= 15 is 0 Å². The van der Waals surface area contributed by atoms with E-state index in [9.17, 15) is 0 Å². The van der Waals surface area contributed by atoms with Gasteiger partial charge in [0, 0.05) is 18.5 Å². The van der Waals surface area contributed by atoms with Gasteiger partial charge < -0.3 is 4.74 Å². The molecule has 0 amide bonds. The van der Waals surface area contributed by atoms with Crippen LogP contribution in [0.1, 0.15) is 39.0 Å². The van der Waals surface area contributed by atoms with E-state index in [-0.39, 0.29) is 11.1 Å². The maximum absolute atomic E-state index is 6.06. The monoisotopic (exact) mass is 217 g/mol. The summed E-state index contributed by atoms with van der Waals surface area (Å²) in [6, 6.07) is 0. The van der Waals surface area contributed by atoms with Crippen LogP contribution in [0.4, 0.5) is 0 Å². The lowest BCUT2D eigenvalue weighted by atomic mass is 9.90. The van der Waals surface area contributed by atoms with E-state index in [1.165, 1.54) is 32.1 Å². The molecule has 1 aliphatic heterocycles. The zero-order valence-electron chi connectivity index (χ0n) is 8.97. The lowest BCUT2D eigenvalue weighted by molar-refractivity contribution is -0.106. The molecule has 0 aromatic heterocycles. The van der Waals surface area contributed by atoms with E-state index in [4.69, 9.17) is 16.3 Å². The molecule has 2 nitrogen and oxygen atoms in total. The fourth-order valence-corrected chi connectivity index (χ4v) is 2.93. The van der Waals surface area contributed by atoms with Crippen molar-refractivity contribution in [1.29, 1.82) is 0 Å². The Bertz CT molecular complexity index is 190. The number of halogens is 1. The van der Waals surface area contributed by atoms with Gasteiger partial charge in [0.15, 0.2) is 0 Å². The van der Waals surface area contributed by atoms with Crippen molar-refractivity contribution in [2.45, 2.75) is 50.1 Å². The summed E-state index contributed by atoms with van der Waals surface area (Å²) < 4.78 is 5.96. The van der Waals surface area contributed by atoms with Gasteiger partial charge in [0.25, 0.3) is 0 Å². The molecule has 1 spiro atoms. The van der Waals surface area contributed by atoms with Crippen molar-refractivity contribution in [3.8, 4) is 0 Å². The van der Waals surface area contributed by atoms with Crippen molar-refractivity contribution in [2.75, 3.05) is 19.7 Å². The molecule has 1 saturated heterocycles. The minimum atomic E-state index is 0.0708. The Hall–Kier alpha value is 0.210. The second-order valence-corrected chi connectivity index (χ2v) is 5.33. The summed E-state index contributed by atoms with van der Waals surface area (Å²) in [5, 5.41) is 0.232. The van der Waals surface area contributed by atoms with Gasteiger partial charge in [0.2, 0.25) is 0 Å². The van der Waals surface area contributed by atoms with Crippen LogP contribution in [0.5, 0.6) is 0 Å². The third kappa shape index (κ3) is 2.07. The molecule has 3 heteroatoms. The largest absolute Gasteiger partial charge is 0.359 e. The molecule has 1 saturated carbocycles. The minimum absolute atomic E-state index is 0.0708. The average Bonchev–Trinajstić information content (AvgIpc) is 2.50. The molecule has 1 unspecified atom stereocenters. The Labute approximate surface area is 91.6 Å². The Morgan fingerprint density at radius 2 is 2.07 bits per heavy atom. The summed E-state index contributed by atoms with van der Waals surface area (Å²) in [4.78, 5) is 2.46. The predicted molar refractivity (Wildman–Crippen MR) is 58.7 cm³/mol. The quantitative estimate of drug-likeness (QED) is 0.660. The van der Waals surface area contributed by atoms with Crippen LogP contribution in [0.25, 0.3) is 0 Å². The summed E-state index contributed by atoms with van der Waals surface area (Å²) in [7, 11) is 0. The van der Waals surface area contributed by atoms with E-state index < -0.39 is 0 Å². The van der Waals surface area contributed by atoms with Crippen molar-refractivity contribution in [2.24, 2.45) is 0 Å². The van der Waals surface area contributed by atoms with Crippen LogP contribution in [0, 0.1) is 0 Å². The molecule has 82 valence electrons. The first-order chi connectivity index (χ1) is 6.73. The first-order valence-electron chi connectivity index (χ1n) is 5.76. The van der Waals surface area contributed by atoms with Crippen molar-refractivity contribution >= 4 is 11.6 Å². The van der Waals surface area contributed by atoms with Crippen LogP contribution in [0.15, 0.2) is 0 Å². The highest BCUT2D eigenvalue weighted by Crippen LogP contribution is 2.38. The number of hydrogen-bond acceptors (Lipinski definition) is 2. The normalized spacial score (nSPS) is 29.6. The smallest absolute Gasteiger partial charge is 0.121 e. The van der Waals surface area contributed by atoms with Gasteiger partial charge in [-0.2, -0.15) is 0 Å². The van der Waals surface area contributed by atoms with Gasteiger partial charge in [0.05, 0.1) is 6.61 Å². The van der Waals surface area contributed by atoms with Crippen LogP contribution in [-0.4, -0.2) is 35.7 Å². The van der Waals surface area contributed by atoms with Gasteiger partial charge in [-0.3, -0.25) is 4.90 Å². The number of hydrogen-bond donors (Lipinski definition) is 0. The van der Waals surface area contributed by atoms with Crippen molar-refractivity contribution < 1.29 is 4.74 Å². The summed E-state index contributed by atoms with van der Waals surface area (Å²) in [5.74, 6) is 0. The Balaban J connectivity index is 2.00. The van der Waals surface area contributed by atoms with Gasteiger partial charge in [-0.25, -0.2) is 0 Å². The van der Waals surface area contributed by atoms with Gasteiger partial charge in [-0.15, -0.1) is 11.6 Å². The third-order valence-electron chi connectivity index (χ3n) is 3.42. The summed E-state index contributed by atoms with van der Waals surface area (Å²) in [6.07, 6.45) is 6.41.